The van der Waals surface area contributed by atoms with E-state index in [9.17, 15) is 0 Å². The maximum atomic E-state index is 5.69. The molecule has 3 heteroatoms. The first kappa shape index (κ1) is 8.10. The molecule has 0 saturated carbocycles. The van der Waals surface area contributed by atoms with E-state index in [1.807, 2.05) is 13.0 Å². The minimum Gasteiger partial charge on any atom is -0.397 e. The summed E-state index contributed by atoms with van der Waals surface area (Å²) in [5, 5.41) is 0. The summed E-state index contributed by atoms with van der Waals surface area (Å²) in [6.45, 7) is 3.91. The molecular weight excluding hydrogens is 162 g/mol. The van der Waals surface area contributed by atoms with E-state index in [-0.39, 0.29) is 0 Å². The molecule has 13 heavy (non-hydrogen) atoms. The second-order valence-corrected chi connectivity index (χ2v) is 3.28. The predicted octanol–water partition coefficient (Wildman–Crippen LogP) is 1.35. The normalized spacial score (nSPS) is 15.3. The molecule has 2 heterocycles. The summed E-state index contributed by atoms with van der Waals surface area (Å²) in [5.74, 6) is 1.01. The molecule has 1 aromatic heterocycles. The van der Waals surface area contributed by atoms with Crippen LogP contribution in [0.25, 0.3) is 0 Å². The molecule has 2 rings (SSSR count). The standard InChI is InChI=1S/C10H13N3/c1-8-6-10(12-7-9(8)11)13-4-2-3-5-13/h2-3,6-7H,4-5,11H2,1H3. The van der Waals surface area contributed by atoms with Crippen LogP contribution in [0.2, 0.25) is 0 Å². The number of nitrogen functional groups attached to an aromatic ring is 1. The van der Waals surface area contributed by atoms with E-state index in [1.165, 1.54) is 0 Å². The molecule has 0 aliphatic carbocycles. The first-order valence-electron chi connectivity index (χ1n) is 4.39. The fourth-order valence-corrected chi connectivity index (χ4v) is 1.39. The highest BCUT2D eigenvalue weighted by molar-refractivity contribution is 5.53. The van der Waals surface area contributed by atoms with E-state index < -0.39 is 0 Å². The third-order valence-corrected chi connectivity index (χ3v) is 2.28. The van der Waals surface area contributed by atoms with Gasteiger partial charge in [-0.1, -0.05) is 12.2 Å². The van der Waals surface area contributed by atoms with Gasteiger partial charge in [0.2, 0.25) is 0 Å². The molecule has 0 bridgehead atoms. The number of aryl methyl sites for hydroxylation is 1. The number of hydrogen-bond donors (Lipinski definition) is 1. The molecule has 0 atom stereocenters. The molecule has 0 radical (unpaired) electrons. The van der Waals surface area contributed by atoms with E-state index in [4.69, 9.17) is 5.73 Å². The highest BCUT2D eigenvalue weighted by Gasteiger charge is 2.09. The Morgan fingerprint density at radius 3 is 2.69 bits per heavy atom. The molecule has 2 N–H and O–H groups in total. The number of aromatic nitrogens is 1. The predicted molar refractivity (Wildman–Crippen MR) is 54.7 cm³/mol. The van der Waals surface area contributed by atoms with Gasteiger partial charge in [0.15, 0.2) is 0 Å². The smallest absolute Gasteiger partial charge is 0.129 e. The van der Waals surface area contributed by atoms with Crippen molar-refractivity contribution in [3.8, 4) is 0 Å². The van der Waals surface area contributed by atoms with E-state index in [1.54, 1.807) is 6.20 Å². The van der Waals surface area contributed by atoms with Gasteiger partial charge in [0.1, 0.15) is 5.82 Å². The fourth-order valence-electron chi connectivity index (χ4n) is 1.39. The topological polar surface area (TPSA) is 42.2 Å². The summed E-state index contributed by atoms with van der Waals surface area (Å²) in [7, 11) is 0. The van der Waals surface area contributed by atoms with Crippen molar-refractivity contribution in [1.29, 1.82) is 0 Å². The molecule has 1 aromatic rings. The van der Waals surface area contributed by atoms with Crippen molar-refractivity contribution >= 4 is 11.5 Å². The lowest BCUT2D eigenvalue weighted by molar-refractivity contribution is 0.967. The summed E-state index contributed by atoms with van der Waals surface area (Å²) in [5.41, 5.74) is 7.55. The first-order valence-corrected chi connectivity index (χ1v) is 4.39. The molecule has 0 saturated heterocycles. The molecule has 0 spiro atoms. The number of anilines is 2. The molecule has 1 aliphatic heterocycles. The lowest BCUT2D eigenvalue weighted by Gasteiger charge is -2.16. The molecule has 0 fully saturated rings. The summed E-state index contributed by atoms with van der Waals surface area (Å²) in [6, 6.07) is 2.03. The average molecular weight is 175 g/mol. The fraction of sp³-hybridized carbons (Fsp3) is 0.300. The Morgan fingerprint density at radius 2 is 2.08 bits per heavy atom. The second-order valence-electron chi connectivity index (χ2n) is 3.28. The van der Waals surface area contributed by atoms with E-state index in [2.05, 4.69) is 22.0 Å². The van der Waals surface area contributed by atoms with Crippen LogP contribution in [0.1, 0.15) is 5.56 Å². The third-order valence-electron chi connectivity index (χ3n) is 2.28. The van der Waals surface area contributed by atoms with Crippen LogP contribution < -0.4 is 10.6 Å². The zero-order valence-electron chi connectivity index (χ0n) is 7.70. The van der Waals surface area contributed by atoms with Gasteiger partial charge in [0.05, 0.1) is 11.9 Å². The second kappa shape index (κ2) is 3.09. The van der Waals surface area contributed by atoms with E-state index in [0.717, 1.165) is 30.2 Å². The van der Waals surface area contributed by atoms with Gasteiger partial charge in [-0.15, -0.1) is 0 Å². The number of nitrogens with two attached hydrogens (primary N) is 1. The lowest BCUT2D eigenvalue weighted by atomic mass is 10.2. The van der Waals surface area contributed by atoms with Crippen molar-refractivity contribution in [2.24, 2.45) is 0 Å². The van der Waals surface area contributed by atoms with Crippen molar-refractivity contribution in [2.45, 2.75) is 6.92 Å². The monoisotopic (exact) mass is 175 g/mol. The Labute approximate surface area is 77.9 Å². The minimum absolute atomic E-state index is 0.760. The van der Waals surface area contributed by atoms with E-state index >= 15 is 0 Å². The molecular formula is C10H13N3. The Bertz CT molecular complexity index is 336. The van der Waals surface area contributed by atoms with Crippen LogP contribution in [0, 0.1) is 6.92 Å². The van der Waals surface area contributed by atoms with Crippen molar-refractivity contribution in [3.05, 3.63) is 30.0 Å². The van der Waals surface area contributed by atoms with Crippen LogP contribution in [0.4, 0.5) is 11.5 Å². The lowest BCUT2D eigenvalue weighted by Crippen LogP contribution is -2.19. The van der Waals surface area contributed by atoms with Gasteiger partial charge in [-0.05, 0) is 18.6 Å². The Kier molecular flexibility index (Phi) is 1.93. The van der Waals surface area contributed by atoms with E-state index in [0.29, 0.717) is 0 Å². The van der Waals surface area contributed by atoms with Gasteiger partial charge >= 0.3 is 0 Å². The van der Waals surface area contributed by atoms with Crippen molar-refractivity contribution in [3.63, 3.8) is 0 Å². The van der Waals surface area contributed by atoms with Gasteiger partial charge in [0.25, 0.3) is 0 Å². The maximum Gasteiger partial charge on any atom is 0.129 e. The highest BCUT2D eigenvalue weighted by atomic mass is 15.2. The zero-order chi connectivity index (χ0) is 9.26. The molecule has 68 valence electrons. The SMILES string of the molecule is Cc1cc(N2CC=CC2)ncc1N. The summed E-state index contributed by atoms with van der Waals surface area (Å²) in [4.78, 5) is 6.48. The van der Waals surface area contributed by atoms with Gasteiger partial charge in [-0.3, -0.25) is 0 Å². The molecule has 3 nitrogen and oxygen atoms in total. The molecule has 0 aromatic carbocycles. The number of pyridine rings is 1. The molecule has 1 aliphatic rings. The highest BCUT2D eigenvalue weighted by Crippen LogP contribution is 2.18. The number of rotatable bonds is 1. The zero-order valence-corrected chi connectivity index (χ0v) is 7.70. The van der Waals surface area contributed by atoms with Crippen LogP contribution in [0.3, 0.4) is 0 Å². The van der Waals surface area contributed by atoms with Gasteiger partial charge in [-0.25, -0.2) is 4.98 Å². The molecule has 0 amide bonds. The van der Waals surface area contributed by atoms with Gasteiger partial charge in [-0.2, -0.15) is 0 Å². The van der Waals surface area contributed by atoms with Crippen molar-refractivity contribution < 1.29 is 0 Å². The Balaban J connectivity index is 2.26. The van der Waals surface area contributed by atoms with Crippen LogP contribution in [0.5, 0.6) is 0 Å². The average Bonchev–Trinajstić information content (AvgIpc) is 2.62. The van der Waals surface area contributed by atoms with Gasteiger partial charge < -0.3 is 10.6 Å². The molecule has 0 unspecified atom stereocenters. The minimum atomic E-state index is 0.760. The summed E-state index contributed by atoms with van der Waals surface area (Å²) in [6.07, 6.45) is 6.02. The quantitative estimate of drug-likeness (QED) is 0.655. The Hall–Kier alpha value is -1.51. The van der Waals surface area contributed by atoms with Gasteiger partial charge in [0, 0.05) is 13.1 Å². The number of nitrogens with zero attached hydrogens (tertiary/aromatic N) is 2. The largest absolute Gasteiger partial charge is 0.397 e. The third kappa shape index (κ3) is 1.49. The van der Waals surface area contributed by atoms with Crippen LogP contribution in [0.15, 0.2) is 24.4 Å². The summed E-state index contributed by atoms with van der Waals surface area (Å²) < 4.78 is 0. The maximum absolute atomic E-state index is 5.69. The number of hydrogen-bond acceptors (Lipinski definition) is 3. The van der Waals surface area contributed by atoms with Crippen molar-refractivity contribution in [2.75, 3.05) is 23.7 Å². The van der Waals surface area contributed by atoms with Crippen LogP contribution in [-0.4, -0.2) is 18.1 Å². The van der Waals surface area contributed by atoms with Crippen molar-refractivity contribution in [1.82, 2.24) is 4.98 Å². The summed E-state index contributed by atoms with van der Waals surface area (Å²) >= 11 is 0. The Morgan fingerprint density at radius 1 is 1.38 bits per heavy atom. The van der Waals surface area contributed by atoms with Crippen LogP contribution in [-0.2, 0) is 0 Å². The first-order chi connectivity index (χ1) is 6.27. The van der Waals surface area contributed by atoms with Crippen LogP contribution >= 0.6 is 0 Å².